The molecule has 0 saturated carbocycles. The number of fused-ring (bicyclic) bond motifs is 1. The van der Waals surface area contributed by atoms with Gasteiger partial charge in [-0.3, -0.25) is 4.79 Å². The Kier molecular flexibility index (Phi) is 3.56. The number of hydrogen-bond donors (Lipinski definition) is 1. The number of piperidine rings is 1. The van der Waals surface area contributed by atoms with Crippen LogP contribution in [0.5, 0.6) is 0 Å². The van der Waals surface area contributed by atoms with Crippen molar-refractivity contribution in [3.63, 3.8) is 0 Å². The Hall–Kier alpha value is -1.35. The van der Waals surface area contributed by atoms with E-state index in [1.54, 1.807) is 0 Å². The molecule has 1 atom stereocenters. The maximum atomic E-state index is 12.6. The molecule has 2 aliphatic rings. The van der Waals surface area contributed by atoms with E-state index in [0.717, 1.165) is 25.2 Å². The van der Waals surface area contributed by atoms with Gasteiger partial charge in [-0.25, -0.2) is 0 Å². The molecule has 0 aromatic heterocycles. The first kappa shape index (κ1) is 12.7. The lowest BCUT2D eigenvalue weighted by Crippen LogP contribution is -3.14. The van der Waals surface area contributed by atoms with E-state index in [9.17, 15) is 4.79 Å². The van der Waals surface area contributed by atoms with Gasteiger partial charge < -0.3 is 9.80 Å². The van der Waals surface area contributed by atoms with Gasteiger partial charge in [-0.15, -0.1) is 0 Å². The monoisotopic (exact) mass is 259 g/mol. The van der Waals surface area contributed by atoms with Crippen LogP contribution in [-0.2, 0) is 11.2 Å². The Balaban J connectivity index is 1.72. The van der Waals surface area contributed by atoms with Crippen molar-refractivity contribution in [2.75, 3.05) is 24.5 Å². The lowest BCUT2D eigenvalue weighted by molar-refractivity contribution is -0.896. The number of nitrogens with one attached hydrogen (secondary N) is 1. The Bertz CT molecular complexity index is 466. The quantitative estimate of drug-likeness (QED) is 0.843. The average molecular weight is 259 g/mol. The number of quaternary nitrogens is 1. The third-order valence-corrected chi connectivity index (χ3v) is 4.44. The van der Waals surface area contributed by atoms with Crippen LogP contribution in [0.15, 0.2) is 24.3 Å². The van der Waals surface area contributed by atoms with Crippen molar-refractivity contribution >= 4 is 11.6 Å². The Morgan fingerprint density at radius 1 is 1.26 bits per heavy atom. The minimum absolute atomic E-state index is 0.300. The molecule has 19 heavy (non-hydrogen) atoms. The van der Waals surface area contributed by atoms with E-state index in [2.05, 4.69) is 25.1 Å². The van der Waals surface area contributed by atoms with Crippen LogP contribution in [0, 0.1) is 0 Å². The first-order chi connectivity index (χ1) is 9.25. The summed E-state index contributed by atoms with van der Waals surface area (Å²) in [5, 5.41) is 0. The standard InChI is InChI=1S/C16H22N2O/c1-13-11-14-7-3-4-8-15(14)18(13)16(19)12-17-9-5-2-6-10-17/h3-4,7-8,13H,2,5-6,9-12H2,1H3/p+1/t13-/m0/s1. The van der Waals surface area contributed by atoms with E-state index in [0.29, 0.717) is 18.5 Å². The highest BCUT2D eigenvalue weighted by Crippen LogP contribution is 2.31. The van der Waals surface area contributed by atoms with Gasteiger partial charge in [-0.1, -0.05) is 18.2 Å². The molecule has 0 unspecified atom stereocenters. The zero-order valence-electron chi connectivity index (χ0n) is 11.7. The molecule has 1 N–H and O–H groups in total. The van der Waals surface area contributed by atoms with Gasteiger partial charge in [0.15, 0.2) is 6.54 Å². The number of carbonyl (C=O) groups excluding carboxylic acids is 1. The van der Waals surface area contributed by atoms with Gasteiger partial charge in [-0.2, -0.15) is 0 Å². The topological polar surface area (TPSA) is 24.8 Å². The lowest BCUT2D eigenvalue weighted by atomic mass is 10.1. The molecule has 2 aliphatic heterocycles. The molecule has 1 fully saturated rings. The van der Waals surface area contributed by atoms with E-state index in [-0.39, 0.29) is 0 Å². The van der Waals surface area contributed by atoms with Crippen LogP contribution in [0.1, 0.15) is 31.7 Å². The first-order valence-electron chi connectivity index (χ1n) is 7.49. The number of para-hydroxylation sites is 1. The van der Waals surface area contributed by atoms with Gasteiger partial charge >= 0.3 is 0 Å². The molecule has 1 aromatic rings. The molecule has 0 aliphatic carbocycles. The number of likely N-dealkylation sites (tertiary alicyclic amines) is 1. The highest BCUT2D eigenvalue weighted by Gasteiger charge is 2.32. The summed E-state index contributed by atoms with van der Waals surface area (Å²) in [6.07, 6.45) is 4.88. The second-order valence-electron chi connectivity index (χ2n) is 5.93. The second-order valence-corrected chi connectivity index (χ2v) is 5.93. The van der Waals surface area contributed by atoms with Crippen LogP contribution < -0.4 is 9.80 Å². The maximum Gasteiger partial charge on any atom is 0.282 e. The van der Waals surface area contributed by atoms with E-state index >= 15 is 0 Å². The smallest absolute Gasteiger partial charge is 0.282 e. The fraction of sp³-hybridized carbons (Fsp3) is 0.562. The van der Waals surface area contributed by atoms with Crippen LogP contribution in [-0.4, -0.2) is 31.6 Å². The molecule has 0 spiro atoms. The molecule has 3 heteroatoms. The minimum atomic E-state index is 0.300. The van der Waals surface area contributed by atoms with Crippen LogP contribution in [0.3, 0.4) is 0 Å². The molecular formula is C16H23N2O+. The number of anilines is 1. The Labute approximate surface area is 115 Å². The molecule has 3 nitrogen and oxygen atoms in total. The molecule has 102 valence electrons. The predicted octanol–water partition coefficient (Wildman–Crippen LogP) is 1.03. The molecule has 2 heterocycles. The Morgan fingerprint density at radius 2 is 2.00 bits per heavy atom. The van der Waals surface area contributed by atoms with Gasteiger partial charge in [-0.05, 0) is 44.2 Å². The molecule has 1 aromatic carbocycles. The van der Waals surface area contributed by atoms with Gasteiger partial charge in [0.25, 0.3) is 5.91 Å². The third kappa shape index (κ3) is 2.52. The van der Waals surface area contributed by atoms with Crippen molar-refractivity contribution < 1.29 is 9.69 Å². The summed E-state index contributed by atoms with van der Waals surface area (Å²) in [6, 6.07) is 8.64. The van der Waals surface area contributed by atoms with Gasteiger partial charge in [0, 0.05) is 11.7 Å². The fourth-order valence-electron chi connectivity index (χ4n) is 3.47. The number of amides is 1. The molecule has 3 rings (SSSR count). The fourth-order valence-corrected chi connectivity index (χ4v) is 3.47. The Morgan fingerprint density at radius 3 is 2.79 bits per heavy atom. The highest BCUT2D eigenvalue weighted by atomic mass is 16.2. The van der Waals surface area contributed by atoms with Crippen molar-refractivity contribution in [1.82, 2.24) is 0 Å². The van der Waals surface area contributed by atoms with Crippen molar-refractivity contribution in [3.8, 4) is 0 Å². The average Bonchev–Trinajstić information content (AvgIpc) is 2.75. The summed E-state index contributed by atoms with van der Waals surface area (Å²) in [4.78, 5) is 16.1. The molecule has 1 amide bonds. The second kappa shape index (κ2) is 5.33. The summed E-state index contributed by atoms with van der Waals surface area (Å²) < 4.78 is 0. The summed E-state index contributed by atoms with van der Waals surface area (Å²) in [6.45, 7) is 5.15. The van der Waals surface area contributed by atoms with Crippen LogP contribution >= 0.6 is 0 Å². The zero-order valence-corrected chi connectivity index (χ0v) is 11.7. The normalized spacial score (nSPS) is 23.4. The first-order valence-corrected chi connectivity index (χ1v) is 7.49. The van der Waals surface area contributed by atoms with Gasteiger partial charge in [0.1, 0.15) is 0 Å². The summed E-state index contributed by atoms with van der Waals surface area (Å²) >= 11 is 0. The summed E-state index contributed by atoms with van der Waals surface area (Å²) in [7, 11) is 0. The van der Waals surface area contributed by atoms with Crippen LogP contribution in [0.2, 0.25) is 0 Å². The lowest BCUT2D eigenvalue weighted by Gasteiger charge is -2.27. The summed E-state index contributed by atoms with van der Waals surface area (Å²) in [5.74, 6) is 0.300. The number of carbonyl (C=O) groups is 1. The number of benzene rings is 1. The van der Waals surface area contributed by atoms with E-state index in [1.165, 1.54) is 29.7 Å². The van der Waals surface area contributed by atoms with Crippen LogP contribution in [0.4, 0.5) is 5.69 Å². The largest absolute Gasteiger partial charge is 0.327 e. The molecule has 0 radical (unpaired) electrons. The molecule has 1 saturated heterocycles. The van der Waals surface area contributed by atoms with Gasteiger partial charge in [0.05, 0.1) is 13.1 Å². The molecular weight excluding hydrogens is 236 g/mol. The van der Waals surface area contributed by atoms with E-state index in [1.807, 2.05) is 11.0 Å². The highest BCUT2D eigenvalue weighted by molar-refractivity contribution is 5.96. The number of nitrogens with zero attached hydrogens (tertiary/aromatic N) is 1. The van der Waals surface area contributed by atoms with E-state index in [4.69, 9.17) is 0 Å². The predicted molar refractivity (Wildman–Crippen MR) is 76.5 cm³/mol. The SMILES string of the molecule is C[C@H]1Cc2ccccc2N1C(=O)C[NH+]1CCCCC1. The summed E-state index contributed by atoms with van der Waals surface area (Å²) in [5.41, 5.74) is 2.45. The van der Waals surface area contributed by atoms with Crippen molar-refractivity contribution in [2.24, 2.45) is 0 Å². The maximum absolute atomic E-state index is 12.6. The molecule has 0 bridgehead atoms. The number of rotatable bonds is 2. The zero-order chi connectivity index (χ0) is 13.2. The van der Waals surface area contributed by atoms with Crippen molar-refractivity contribution in [1.29, 1.82) is 0 Å². The van der Waals surface area contributed by atoms with Gasteiger partial charge in [0.2, 0.25) is 0 Å². The van der Waals surface area contributed by atoms with Crippen molar-refractivity contribution in [2.45, 2.75) is 38.6 Å². The number of hydrogen-bond acceptors (Lipinski definition) is 1. The van der Waals surface area contributed by atoms with Crippen molar-refractivity contribution in [3.05, 3.63) is 29.8 Å². The van der Waals surface area contributed by atoms with E-state index < -0.39 is 0 Å². The minimum Gasteiger partial charge on any atom is -0.327 e. The van der Waals surface area contributed by atoms with Crippen LogP contribution in [0.25, 0.3) is 0 Å². The third-order valence-electron chi connectivity index (χ3n) is 4.44.